The summed E-state index contributed by atoms with van der Waals surface area (Å²) in [4.78, 5) is 3.70. The zero-order valence-electron chi connectivity index (χ0n) is 18.7. The third kappa shape index (κ3) is 3.47. The molecule has 0 bridgehead atoms. The van der Waals surface area contributed by atoms with Gasteiger partial charge in [-0.2, -0.15) is 0 Å². The predicted molar refractivity (Wildman–Crippen MR) is 140 cm³/mol. The van der Waals surface area contributed by atoms with Crippen LogP contribution in [-0.4, -0.2) is 11.7 Å². The molecule has 0 atom stereocenters. The van der Waals surface area contributed by atoms with Crippen LogP contribution in [0.2, 0.25) is 0 Å². The molecule has 32 heavy (non-hydrogen) atoms. The second-order valence-corrected chi connectivity index (χ2v) is 9.28. The van der Waals surface area contributed by atoms with Gasteiger partial charge in [0.2, 0.25) is 0 Å². The molecule has 0 radical (unpaired) electrons. The van der Waals surface area contributed by atoms with Crippen molar-refractivity contribution in [2.75, 3.05) is 11.4 Å². The van der Waals surface area contributed by atoms with Crippen LogP contribution < -0.4 is 4.90 Å². The van der Waals surface area contributed by atoms with Crippen LogP contribution >= 0.6 is 11.8 Å². The van der Waals surface area contributed by atoms with Crippen molar-refractivity contribution in [1.29, 1.82) is 0 Å². The van der Waals surface area contributed by atoms with Gasteiger partial charge in [-0.1, -0.05) is 73.3 Å². The molecule has 0 saturated carbocycles. The molecule has 4 aromatic rings. The van der Waals surface area contributed by atoms with E-state index in [2.05, 4.69) is 92.4 Å². The number of hydrogen-bond acceptors (Lipinski definition) is 3. The summed E-state index contributed by atoms with van der Waals surface area (Å²) < 4.78 is 0. The van der Waals surface area contributed by atoms with Gasteiger partial charge in [-0.15, -0.1) is 0 Å². The smallest absolute Gasteiger partial charge is 0.123 e. The van der Waals surface area contributed by atoms with Gasteiger partial charge >= 0.3 is 0 Å². The lowest BCUT2D eigenvalue weighted by molar-refractivity contribution is 0.474. The number of aromatic hydroxyl groups is 1. The van der Waals surface area contributed by atoms with Crippen molar-refractivity contribution in [3.8, 4) is 5.75 Å². The summed E-state index contributed by atoms with van der Waals surface area (Å²) in [6.45, 7) is 7.39. The Balaban J connectivity index is 1.58. The Morgan fingerprint density at radius 2 is 1.66 bits per heavy atom. The highest BCUT2D eigenvalue weighted by atomic mass is 32.2. The molecule has 0 spiro atoms. The highest BCUT2D eigenvalue weighted by molar-refractivity contribution is 8.03. The van der Waals surface area contributed by atoms with Crippen LogP contribution in [0.15, 0.2) is 88.3 Å². The Bertz CT molecular complexity index is 1400. The van der Waals surface area contributed by atoms with E-state index in [4.69, 9.17) is 0 Å². The maximum atomic E-state index is 10.8. The van der Waals surface area contributed by atoms with Gasteiger partial charge in [0.1, 0.15) is 5.75 Å². The van der Waals surface area contributed by atoms with Crippen LogP contribution in [0.25, 0.3) is 27.6 Å². The van der Waals surface area contributed by atoms with Crippen LogP contribution in [0, 0.1) is 0 Å². The number of nitrogens with zero attached hydrogens (tertiary/aromatic N) is 1. The first kappa shape index (κ1) is 20.7. The average Bonchev–Trinajstić information content (AvgIpc) is 3.16. The summed E-state index contributed by atoms with van der Waals surface area (Å²) in [7, 11) is 0. The monoisotopic (exact) mass is 437 g/mol. The van der Waals surface area contributed by atoms with Crippen LogP contribution in [-0.2, 0) is 6.42 Å². The van der Waals surface area contributed by atoms with Crippen molar-refractivity contribution in [3.05, 3.63) is 94.5 Å². The van der Waals surface area contributed by atoms with E-state index in [1.165, 1.54) is 37.3 Å². The molecule has 1 heterocycles. The lowest BCUT2D eigenvalue weighted by atomic mass is 9.95. The third-order valence-corrected chi connectivity index (χ3v) is 7.28. The zero-order chi connectivity index (χ0) is 22.2. The van der Waals surface area contributed by atoms with Gasteiger partial charge in [-0.05, 0) is 71.8 Å². The van der Waals surface area contributed by atoms with Gasteiger partial charge in [0.05, 0.1) is 10.7 Å². The molecule has 1 aliphatic rings. The van der Waals surface area contributed by atoms with Gasteiger partial charge in [-0.25, -0.2) is 0 Å². The number of phenolic OH excluding ortho intramolecular Hbond substituents is 1. The van der Waals surface area contributed by atoms with Crippen molar-refractivity contribution in [2.24, 2.45) is 0 Å². The summed E-state index contributed by atoms with van der Waals surface area (Å²) >= 11 is 1.82. The molecule has 160 valence electrons. The van der Waals surface area contributed by atoms with E-state index < -0.39 is 0 Å². The topological polar surface area (TPSA) is 23.5 Å². The van der Waals surface area contributed by atoms with E-state index in [0.29, 0.717) is 5.75 Å². The van der Waals surface area contributed by atoms with Crippen molar-refractivity contribution in [1.82, 2.24) is 0 Å². The van der Waals surface area contributed by atoms with E-state index in [-0.39, 0.29) is 0 Å². The molecule has 0 saturated heterocycles. The average molecular weight is 438 g/mol. The summed E-state index contributed by atoms with van der Waals surface area (Å²) in [5.74, 6) is 0.346. The van der Waals surface area contributed by atoms with E-state index >= 15 is 0 Å². The summed E-state index contributed by atoms with van der Waals surface area (Å²) in [6, 6.07) is 23.2. The maximum Gasteiger partial charge on any atom is 0.123 e. The number of hydrogen-bond donors (Lipinski definition) is 1. The molecule has 1 aliphatic heterocycles. The Hall–Kier alpha value is -3.17. The molecule has 2 nitrogen and oxygen atoms in total. The van der Waals surface area contributed by atoms with E-state index in [1.54, 1.807) is 0 Å². The number of aryl methyl sites for hydroxylation is 1. The molecule has 5 rings (SSSR count). The largest absolute Gasteiger partial charge is 0.507 e. The number of anilines is 1. The molecule has 4 aromatic carbocycles. The fourth-order valence-corrected chi connectivity index (χ4v) is 5.98. The first-order valence-corrected chi connectivity index (χ1v) is 12.0. The highest BCUT2D eigenvalue weighted by Gasteiger charge is 2.26. The molecule has 0 unspecified atom stereocenters. The van der Waals surface area contributed by atoms with Gasteiger partial charge in [0.25, 0.3) is 0 Å². The minimum Gasteiger partial charge on any atom is -0.507 e. The lowest BCUT2D eigenvalue weighted by Crippen LogP contribution is -2.16. The number of thioether (sulfide) groups is 1. The maximum absolute atomic E-state index is 10.8. The molecule has 3 heteroatoms. The number of fused-ring (bicyclic) bond motifs is 4. The van der Waals surface area contributed by atoms with Gasteiger partial charge in [0.15, 0.2) is 0 Å². The van der Waals surface area contributed by atoms with Crippen molar-refractivity contribution >= 4 is 45.1 Å². The first-order valence-electron chi connectivity index (χ1n) is 11.2. The summed E-state index contributed by atoms with van der Waals surface area (Å²) in [5.41, 5.74) is 4.55. The van der Waals surface area contributed by atoms with Gasteiger partial charge < -0.3 is 10.0 Å². The minimum atomic E-state index is 0.346. The fraction of sp³-hybridized carbons (Fsp3) is 0.172. The van der Waals surface area contributed by atoms with Crippen LogP contribution in [0.3, 0.4) is 0 Å². The first-order chi connectivity index (χ1) is 15.6. The van der Waals surface area contributed by atoms with Crippen LogP contribution in [0.4, 0.5) is 5.69 Å². The van der Waals surface area contributed by atoms with Crippen molar-refractivity contribution in [2.45, 2.75) is 32.1 Å². The Kier molecular flexibility index (Phi) is 5.44. The lowest BCUT2D eigenvalue weighted by Gasteiger charge is -2.20. The molecular formula is C29H27NOS. The molecule has 0 aliphatic carbocycles. The Morgan fingerprint density at radius 1 is 0.938 bits per heavy atom. The van der Waals surface area contributed by atoms with Crippen LogP contribution in [0.5, 0.6) is 5.75 Å². The predicted octanol–water partition coefficient (Wildman–Crippen LogP) is 8.14. The zero-order valence-corrected chi connectivity index (χ0v) is 19.5. The number of benzene rings is 4. The SMILES string of the molecule is CCc1c(C=C(C)C=C2Sc3ccc4ccccc4c3N2CC)c(O)cc2ccccc12. The number of allylic oxidation sites excluding steroid dienone is 2. The Morgan fingerprint density at radius 3 is 2.41 bits per heavy atom. The Labute approximate surface area is 193 Å². The normalized spacial score (nSPS) is 15.2. The van der Waals surface area contributed by atoms with Gasteiger partial charge in [0, 0.05) is 22.4 Å². The highest BCUT2D eigenvalue weighted by Crippen LogP contribution is 2.49. The number of rotatable bonds is 4. The van der Waals surface area contributed by atoms with Crippen molar-refractivity contribution in [3.63, 3.8) is 0 Å². The summed E-state index contributed by atoms with van der Waals surface area (Å²) in [5, 5.41) is 16.9. The van der Waals surface area contributed by atoms with Gasteiger partial charge in [-0.3, -0.25) is 0 Å². The van der Waals surface area contributed by atoms with E-state index in [0.717, 1.165) is 29.5 Å². The molecule has 0 fully saturated rings. The minimum absolute atomic E-state index is 0.346. The molecule has 0 amide bonds. The molecule has 1 N–H and O–H groups in total. The van der Waals surface area contributed by atoms with E-state index in [1.807, 2.05) is 23.9 Å². The summed E-state index contributed by atoms with van der Waals surface area (Å²) in [6.07, 6.45) is 5.25. The number of phenols is 1. The second-order valence-electron chi connectivity index (χ2n) is 8.21. The molecule has 0 aromatic heterocycles. The fourth-order valence-electron chi connectivity index (χ4n) is 4.72. The van der Waals surface area contributed by atoms with Crippen molar-refractivity contribution < 1.29 is 5.11 Å². The molecular weight excluding hydrogens is 410 g/mol. The third-order valence-electron chi connectivity index (χ3n) is 6.19. The second kappa shape index (κ2) is 8.40. The standard InChI is InChI=1S/C29H27NOS/c1-4-22-23-12-8-7-11-21(23)18-26(31)25(22)16-19(3)17-28-30(5-2)29-24-13-9-6-10-20(24)14-15-27(29)32-28/h6-18,31H,4-5H2,1-3H3. The quantitative estimate of drug-likeness (QED) is 0.348. The van der Waals surface area contributed by atoms with E-state index in [9.17, 15) is 5.11 Å². The van der Waals surface area contributed by atoms with Crippen LogP contribution in [0.1, 0.15) is 31.9 Å².